The molecule has 0 amide bonds. The van der Waals surface area contributed by atoms with Crippen molar-refractivity contribution in [3.05, 3.63) is 34.2 Å². The summed E-state index contributed by atoms with van der Waals surface area (Å²) < 4.78 is 0. The zero-order valence-electron chi connectivity index (χ0n) is 7.47. The van der Waals surface area contributed by atoms with Crippen LogP contribution in [0.5, 0.6) is 0 Å². The van der Waals surface area contributed by atoms with Crippen LogP contribution in [0.4, 0.5) is 5.69 Å². The van der Waals surface area contributed by atoms with Crippen molar-refractivity contribution >= 4 is 17.0 Å². The molecule has 0 aliphatic rings. The molecule has 0 fully saturated rings. The first-order valence-electron chi connectivity index (χ1n) is 4.03. The third-order valence-electron chi connectivity index (χ3n) is 1.75. The number of aromatic nitrogens is 2. The van der Waals surface area contributed by atoms with E-state index in [0.29, 0.717) is 5.69 Å². The number of rotatable bonds is 2. The number of hydrogen-bond donors (Lipinski definition) is 0. The van der Waals surface area contributed by atoms with Crippen molar-refractivity contribution in [3.8, 4) is 10.6 Å². The Bertz CT molecular complexity index is 449. The normalized spacial score (nSPS) is 10.1. The lowest BCUT2D eigenvalue weighted by Gasteiger charge is -1.93. The van der Waals surface area contributed by atoms with Crippen LogP contribution in [-0.2, 0) is 0 Å². The SMILES string of the molecule is Cc1nnc(-c2ccc(N=O)cc2)s1. The minimum Gasteiger partial charge on any atom is -0.145 e. The Morgan fingerprint density at radius 2 is 1.93 bits per heavy atom. The van der Waals surface area contributed by atoms with E-state index in [4.69, 9.17) is 0 Å². The summed E-state index contributed by atoms with van der Waals surface area (Å²) in [7, 11) is 0. The van der Waals surface area contributed by atoms with E-state index < -0.39 is 0 Å². The molecular formula is C9H7N3OS. The largest absolute Gasteiger partial charge is 0.147 e. The number of nitroso groups, excluding NO2 is 1. The first-order valence-corrected chi connectivity index (χ1v) is 4.85. The summed E-state index contributed by atoms with van der Waals surface area (Å²) in [6.45, 7) is 1.91. The van der Waals surface area contributed by atoms with Gasteiger partial charge in [-0.2, -0.15) is 0 Å². The second kappa shape index (κ2) is 3.63. The molecule has 4 nitrogen and oxygen atoms in total. The molecule has 0 N–H and O–H groups in total. The van der Waals surface area contributed by atoms with Crippen molar-refractivity contribution in [1.29, 1.82) is 0 Å². The first-order chi connectivity index (χ1) is 6.79. The number of hydrogen-bond acceptors (Lipinski definition) is 5. The van der Waals surface area contributed by atoms with Gasteiger partial charge in [0.15, 0.2) is 0 Å². The van der Waals surface area contributed by atoms with Crippen LogP contribution in [-0.4, -0.2) is 10.2 Å². The third-order valence-corrected chi connectivity index (χ3v) is 2.63. The van der Waals surface area contributed by atoms with Crippen LogP contribution in [0.25, 0.3) is 10.6 Å². The van der Waals surface area contributed by atoms with Crippen molar-refractivity contribution in [2.75, 3.05) is 0 Å². The summed E-state index contributed by atoms with van der Waals surface area (Å²) in [6, 6.07) is 6.96. The molecule has 1 aromatic heterocycles. The maximum atomic E-state index is 10.2. The molecule has 0 unspecified atom stereocenters. The Morgan fingerprint density at radius 1 is 1.21 bits per heavy atom. The molecule has 1 aromatic carbocycles. The van der Waals surface area contributed by atoms with Gasteiger partial charge in [-0.3, -0.25) is 0 Å². The van der Waals surface area contributed by atoms with Crippen molar-refractivity contribution in [2.24, 2.45) is 5.18 Å². The molecule has 0 saturated carbocycles. The quantitative estimate of drug-likeness (QED) is 0.708. The van der Waals surface area contributed by atoms with Gasteiger partial charge in [-0.15, -0.1) is 15.1 Å². The van der Waals surface area contributed by atoms with E-state index in [1.54, 1.807) is 12.1 Å². The second-order valence-electron chi connectivity index (χ2n) is 2.76. The van der Waals surface area contributed by atoms with Gasteiger partial charge in [0.05, 0.1) is 0 Å². The molecule has 70 valence electrons. The van der Waals surface area contributed by atoms with Gasteiger partial charge in [-0.1, -0.05) is 11.3 Å². The summed E-state index contributed by atoms with van der Waals surface area (Å²) in [5.41, 5.74) is 1.39. The van der Waals surface area contributed by atoms with Crippen molar-refractivity contribution in [1.82, 2.24) is 10.2 Å². The molecule has 0 atom stereocenters. The average molecular weight is 205 g/mol. The van der Waals surface area contributed by atoms with E-state index in [1.165, 1.54) is 11.3 Å². The standard InChI is InChI=1S/C9H7N3OS/c1-6-10-11-9(14-6)7-2-4-8(12-13)5-3-7/h2-5H,1H3. The van der Waals surface area contributed by atoms with E-state index in [-0.39, 0.29) is 0 Å². The molecule has 2 aromatic rings. The van der Waals surface area contributed by atoms with Gasteiger partial charge in [-0.05, 0) is 36.4 Å². The summed E-state index contributed by atoms with van der Waals surface area (Å²) in [5, 5.41) is 12.5. The number of aryl methyl sites for hydroxylation is 1. The molecule has 1 heterocycles. The van der Waals surface area contributed by atoms with Crippen LogP contribution < -0.4 is 0 Å². The van der Waals surface area contributed by atoms with E-state index >= 15 is 0 Å². The van der Waals surface area contributed by atoms with Gasteiger partial charge in [0.25, 0.3) is 0 Å². The predicted molar refractivity (Wildman–Crippen MR) is 55.5 cm³/mol. The van der Waals surface area contributed by atoms with Gasteiger partial charge in [0.1, 0.15) is 15.7 Å². The summed E-state index contributed by atoms with van der Waals surface area (Å²) >= 11 is 1.52. The lowest BCUT2D eigenvalue weighted by molar-refractivity contribution is 1.05. The minimum atomic E-state index is 0.426. The number of benzene rings is 1. The highest BCUT2D eigenvalue weighted by atomic mass is 32.1. The second-order valence-corrected chi connectivity index (χ2v) is 3.95. The lowest BCUT2D eigenvalue weighted by atomic mass is 10.2. The van der Waals surface area contributed by atoms with Gasteiger partial charge in [-0.25, -0.2) is 0 Å². The van der Waals surface area contributed by atoms with Crippen LogP contribution in [0.15, 0.2) is 29.4 Å². The van der Waals surface area contributed by atoms with Crippen LogP contribution >= 0.6 is 11.3 Å². The Morgan fingerprint density at radius 3 is 2.43 bits per heavy atom. The van der Waals surface area contributed by atoms with Crippen LogP contribution in [0.1, 0.15) is 5.01 Å². The first kappa shape index (κ1) is 8.96. The number of nitrogens with zero attached hydrogens (tertiary/aromatic N) is 3. The summed E-state index contributed by atoms with van der Waals surface area (Å²) in [4.78, 5) is 10.2. The van der Waals surface area contributed by atoms with E-state index in [1.807, 2.05) is 19.1 Å². The smallest absolute Gasteiger partial charge is 0.145 e. The third kappa shape index (κ3) is 1.67. The minimum absolute atomic E-state index is 0.426. The highest BCUT2D eigenvalue weighted by Gasteiger charge is 2.03. The van der Waals surface area contributed by atoms with Crippen LogP contribution in [0.2, 0.25) is 0 Å². The van der Waals surface area contributed by atoms with Crippen molar-refractivity contribution in [2.45, 2.75) is 6.92 Å². The molecule has 0 radical (unpaired) electrons. The van der Waals surface area contributed by atoms with Crippen LogP contribution in [0.3, 0.4) is 0 Å². The fraction of sp³-hybridized carbons (Fsp3) is 0.111. The highest BCUT2D eigenvalue weighted by Crippen LogP contribution is 2.24. The molecule has 0 aliphatic heterocycles. The molecule has 5 heteroatoms. The van der Waals surface area contributed by atoms with Gasteiger partial charge in [0, 0.05) is 5.56 Å². The Hall–Kier alpha value is -1.62. The fourth-order valence-electron chi connectivity index (χ4n) is 1.08. The fourth-order valence-corrected chi connectivity index (χ4v) is 1.78. The van der Waals surface area contributed by atoms with Gasteiger partial charge in [0.2, 0.25) is 0 Å². The molecule has 0 saturated heterocycles. The molecule has 0 aliphatic carbocycles. The van der Waals surface area contributed by atoms with Crippen molar-refractivity contribution in [3.63, 3.8) is 0 Å². The monoisotopic (exact) mass is 205 g/mol. The zero-order chi connectivity index (χ0) is 9.97. The molecule has 2 rings (SSSR count). The topological polar surface area (TPSA) is 55.2 Å². The Balaban J connectivity index is 2.38. The molecule has 0 spiro atoms. The van der Waals surface area contributed by atoms with Crippen LogP contribution in [0, 0.1) is 11.8 Å². The summed E-state index contributed by atoms with van der Waals surface area (Å²) in [5.74, 6) is 0. The van der Waals surface area contributed by atoms with Gasteiger partial charge < -0.3 is 0 Å². The summed E-state index contributed by atoms with van der Waals surface area (Å²) in [6.07, 6.45) is 0. The maximum absolute atomic E-state index is 10.2. The Kier molecular flexibility index (Phi) is 2.32. The van der Waals surface area contributed by atoms with E-state index in [2.05, 4.69) is 15.4 Å². The van der Waals surface area contributed by atoms with Gasteiger partial charge >= 0.3 is 0 Å². The van der Waals surface area contributed by atoms with E-state index in [9.17, 15) is 4.91 Å². The molecule has 14 heavy (non-hydrogen) atoms. The predicted octanol–water partition coefficient (Wildman–Crippen LogP) is 2.91. The zero-order valence-corrected chi connectivity index (χ0v) is 8.28. The lowest BCUT2D eigenvalue weighted by Crippen LogP contribution is -1.75. The van der Waals surface area contributed by atoms with E-state index in [0.717, 1.165) is 15.6 Å². The maximum Gasteiger partial charge on any atom is 0.147 e. The highest BCUT2D eigenvalue weighted by molar-refractivity contribution is 7.14. The average Bonchev–Trinajstić information content (AvgIpc) is 2.65. The van der Waals surface area contributed by atoms with Crippen molar-refractivity contribution < 1.29 is 0 Å². The molecule has 0 bridgehead atoms. The Labute approximate surface area is 84.6 Å². The molecular weight excluding hydrogens is 198 g/mol.